The van der Waals surface area contributed by atoms with E-state index in [9.17, 15) is 9.90 Å². The molecule has 0 saturated carbocycles. The van der Waals surface area contributed by atoms with E-state index in [0.29, 0.717) is 5.56 Å². The zero-order valence-corrected chi connectivity index (χ0v) is 10.8. The van der Waals surface area contributed by atoms with Crippen LogP contribution in [0.2, 0.25) is 0 Å². The minimum Gasteiger partial charge on any atom is -0.378 e. The van der Waals surface area contributed by atoms with E-state index < -0.39 is 6.10 Å². The molecule has 1 amide bonds. The Labute approximate surface area is 112 Å². The molecule has 0 aliphatic heterocycles. The van der Waals surface area contributed by atoms with Crippen LogP contribution in [0.5, 0.6) is 0 Å². The minimum atomic E-state index is -1.13. The molecule has 0 radical (unpaired) electrons. The lowest BCUT2D eigenvalue weighted by molar-refractivity contribution is -0.130. The van der Waals surface area contributed by atoms with Gasteiger partial charge in [-0.15, -0.1) is 0 Å². The molecule has 2 atom stereocenters. The van der Waals surface area contributed by atoms with Crippen molar-refractivity contribution in [3.8, 4) is 0 Å². The summed E-state index contributed by atoms with van der Waals surface area (Å²) >= 11 is 0. The highest BCUT2D eigenvalue weighted by molar-refractivity contribution is 5.82. The van der Waals surface area contributed by atoms with Gasteiger partial charge in [0.2, 0.25) is 0 Å². The fraction of sp³-hybridized carbons (Fsp3) is 0.188. The van der Waals surface area contributed by atoms with Crippen LogP contribution in [-0.4, -0.2) is 11.0 Å². The van der Waals surface area contributed by atoms with Crippen LogP contribution in [0.25, 0.3) is 0 Å². The Morgan fingerprint density at radius 3 is 1.95 bits per heavy atom. The maximum atomic E-state index is 12.0. The summed E-state index contributed by atoms with van der Waals surface area (Å²) in [7, 11) is 0. The number of aliphatic hydroxyl groups is 1. The summed E-state index contributed by atoms with van der Waals surface area (Å²) in [5.74, 6) is -0.387. The Morgan fingerprint density at radius 1 is 0.947 bits per heavy atom. The molecule has 1 unspecified atom stereocenters. The van der Waals surface area contributed by atoms with Crippen molar-refractivity contribution in [1.82, 2.24) is 5.32 Å². The predicted octanol–water partition coefficient (Wildman–Crippen LogP) is 2.60. The Bertz CT molecular complexity index is 525. The summed E-state index contributed by atoms with van der Waals surface area (Å²) in [6.07, 6.45) is -1.13. The summed E-state index contributed by atoms with van der Waals surface area (Å²) in [6, 6.07) is 18.4. The number of aliphatic hydroxyl groups excluding tert-OH is 1. The number of hydrogen-bond acceptors (Lipinski definition) is 2. The summed E-state index contributed by atoms with van der Waals surface area (Å²) in [5, 5.41) is 12.8. The first kappa shape index (κ1) is 13.3. The average Bonchev–Trinajstić information content (AvgIpc) is 2.48. The molecule has 0 fully saturated rings. The summed E-state index contributed by atoms with van der Waals surface area (Å²) in [4.78, 5) is 12.0. The smallest absolute Gasteiger partial charge is 0.253 e. The topological polar surface area (TPSA) is 49.3 Å². The standard InChI is InChI=1S/C16H17NO2/c1-12(13-8-4-2-5-9-13)17-16(19)15(18)14-10-6-3-7-11-14/h2-12,15,18H,1H3,(H,17,19)/t12-,15?/m1/s1. The van der Waals surface area contributed by atoms with E-state index in [1.54, 1.807) is 24.3 Å². The number of amides is 1. The molecular formula is C16H17NO2. The highest BCUT2D eigenvalue weighted by Gasteiger charge is 2.19. The SMILES string of the molecule is C[C@@H](NC(=O)C(O)c1ccccc1)c1ccccc1. The van der Waals surface area contributed by atoms with Crippen molar-refractivity contribution >= 4 is 5.91 Å². The van der Waals surface area contributed by atoms with E-state index in [4.69, 9.17) is 0 Å². The fourth-order valence-corrected chi connectivity index (χ4v) is 1.90. The van der Waals surface area contributed by atoms with Gasteiger partial charge in [-0.05, 0) is 18.1 Å². The number of benzene rings is 2. The molecule has 0 bridgehead atoms. The van der Waals surface area contributed by atoms with E-state index in [0.717, 1.165) is 5.56 Å². The molecule has 98 valence electrons. The highest BCUT2D eigenvalue weighted by atomic mass is 16.3. The van der Waals surface area contributed by atoms with Crippen molar-refractivity contribution in [2.45, 2.75) is 19.1 Å². The quantitative estimate of drug-likeness (QED) is 0.882. The van der Waals surface area contributed by atoms with E-state index >= 15 is 0 Å². The highest BCUT2D eigenvalue weighted by Crippen LogP contribution is 2.16. The van der Waals surface area contributed by atoms with Crippen LogP contribution >= 0.6 is 0 Å². The van der Waals surface area contributed by atoms with Crippen LogP contribution in [0.4, 0.5) is 0 Å². The zero-order valence-electron chi connectivity index (χ0n) is 10.8. The molecule has 19 heavy (non-hydrogen) atoms. The maximum absolute atomic E-state index is 12.0. The van der Waals surface area contributed by atoms with Gasteiger partial charge in [0.05, 0.1) is 6.04 Å². The van der Waals surface area contributed by atoms with Crippen LogP contribution in [0.15, 0.2) is 60.7 Å². The normalized spacial score (nSPS) is 13.6. The molecule has 0 aromatic heterocycles. The van der Waals surface area contributed by atoms with E-state index in [1.165, 1.54) is 0 Å². The van der Waals surface area contributed by atoms with Crippen LogP contribution in [0, 0.1) is 0 Å². The van der Waals surface area contributed by atoms with Gasteiger partial charge in [0.15, 0.2) is 6.10 Å². The molecule has 0 aliphatic carbocycles. The lowest BCUT2D eigenvalue weighted by atomic mass is 10.1. The molecule has 2 N–H and O–H groups in total. The van der Waals surface area contributed by atoms with Crippen LogP contribution in [0.1, 0.15) is 30.2 Å². The Balaban J connectivity index is 2.02. The van der Waals surface area contributed by atoms with Gasteiger partial charge in [-0.3, -0.25) is 4.79 Å². The molecule has 0 aliphatic rings. The second kappa shape index (κ2) is 6.16. The maximum Gasteiger partial charge on any atom is 0.253 e. The van der Waals surface area contributed by atoms with Crippen molar-refractivity contribution in [2.75, 3.05) is 0 Å². The van der Waals surface area contributed by atoms with E-state index in [1.807, 2.05) is 43.3 Å². The van der Waals surface area contributed by atoms with Crippen LogP contribution < -0.4 is 5.32 Å². The Morgan fingerprint density at radius 2 is 1.42 bits per heavy atom. The van der Waals surface area contributed by atoms with Gasteiger partial charge in [0, 0.05) is 0 Å². The first-order valence-corrected chi connectivity index (χ1v) is 6.27. The van der Waals surface area contributed by atoms with Crippen molar-refractivity contribution in [2.24, 2.45) is 0 Å². The molecule has 2 aromatic carbocycles. The third-order valence-electron chi connectivity index (χ3n) is 3.02. The Kier molecular flexibility index (Phi) is 4.31. The fourth-order valence-electron chi connectivity index (χ4n) is 1.90. The van der Waals surface area contributed by atoms with Gasteiger partial charge >= 0.3 is 0 Å². The number of rotatable bonds is 4. The lowest BCUT2D eigenvalue weighted by Gasteiger charge is -2.17. The average molecular weight is 255 g/mol. The number of carbonyl (C=O) groups is 1. The second-order valence-electron chi connectivity index (χ2n) is 4.45. The minimum absolute atomic E-state index is 0.132. The lowest BCUT2D eigenvalue weighted by Crippen LogP contribution is -2.31. The molecule has 3 nitrogen and oxygen atoms in total. The molecule has 0 saturated heterocycles. The monoisotopic (exact) mass is 255 g/mol. The van der Waals surface area contributed by atoms with Crippen molar-refractivity contribution in [1.29, 1.82) is 0 Å². The first-order valence-electron chi connectivity index (χ1n) is 6.27. The molecule has 3 heteroatoms. The first-order chi connectivity index (χ1) is 9.18. The van der Waals surface area contributed by atoms with Crippen LogP contribution in [0.3, 0.4) is 0 Å². The summed E-state index contributed by atoms with van der Waals surface area (Å²) in [5.41, 5.74) is 1.61. The van der Waals surface area contributed by atoms with Crippen LogP contribution in [-0.2, 0) is 4.79 Å². The van der Waals surface area contributed by atoms with Gasteiger partial charge in [0.1, 0.15) is 0 Å². The second-order valence-corrected chi connectivity index (χ2v) is 4.45. The molecular weight excluding hydrogens is 238 g/mol. The summed E-state index contributed by atoms with van der Waals surface area (Å²) in [6.45, 7) is 1.89. The predicted molar refractivity (Wildman–Crippen MR) is 74.4 cm³/mol. The summed E-state index contributed by atoms with van der Waals surface area (Å²) < 4.78 is 0. The Hall–Kier alpha value is -2.13. The van der Waals surface area contributed by atoms with Gasteiger partial charge < -0.3 is 10.4 Å². The number of hydrogen-bond donors (Lipinski definition) is 2. The molecule has 2 aromatic rings. The molecule has 0 heterocycles. The van der Waals surface area contributed by atoms with E-state index in [2.05, 4.69) is 5.32 Å². The van der Waals surface area contributed by atoms with Gasteiger partial charge in [0.25, 0.3) is 5.91 Å². The van der Waals surface area contributed by atoms with Gasteiger partial charge in [-0.2, -0.15) is 0 Å². The third-order valence-corrected chi connectivity index (χ3v) is 3.02. The largest absolute Gasteiger partial charge is 0.378 e. The zero-order chi connectivity index (χ0) is 13.7. The van der Waals surface area contributed by atoms with Crippen molar-refractivity contribution < 1.29 is 9.90 Å². The van der Waals surface area contributed by atoms with E-state index in [-0.39, 0.29) is 11.9 Å². The number of nitrogens with one attached hydrogen (secondary N) is 1. The molecule has 2 rings (SSSR count). The third kappa shape index (κ3) is 3.42. The molecule has 0 spiro atoms. The van der Waals surface area contributed by atoms with Crippen molar-refractivity contribution in [3.63, 3.8) is 0 Å². The van der Waals surface area contributed by atoms with Gasteiger partial charge in [-0.1, -0.05) is 60.7 Å². The van der Waals surface area contributed by atoms with Crippen molar-refractivity contribution in [3.05, 3.63) is 71.8 Å². The number of carbonyl (C=O) groups excluding carboxylic acids is 1. The van der Waals surface area contributed by atoms with Gasteiger partial charge in [-0.25, -0.2) is 0 Å².